The van der Waals surface area contributed by atoms with Crippen molar-refractivity contribution in [3.8, 4) is 11.8 Å². The van der Waals surface area contributed by atoms with Crippen LogP contribution >= 0.6 is 0 Å². The summed E-state index contributed by atoms with van der Waals surface area (Å²) in [5.74, 6) is 10.4. The number of carbonyl (C=O) groups is 2. The fourth-order valence-electron chi connectivity index (χ4n) is 2.71. The van der Waals surface area contributed by atoms with E-state index in [2.05, 4.69) is 33.9 Å². The number of anilines is 1. The van der Waals surface area contributed by atoms with E-state index in [1.165, 1.54) is 24.4 Å². The topological polar surface area (TPSA) is 113 Å². The number of nitrogens with two attached hydrogens (primary N) is 1. The van der Waals surface area contributed by atoms with E-state index in [1.807, 2.05) is 5.32 Å². The van der Waals surface area contributed by atoms with Gasteiger partial charge in [0.05, 0.1) is 17.5 Å². The molecule has 0 unspecified atom stereocenters. The van der Waals surface area contributed by atoms with Gasteiger partial charge in [-0.2, -0.15) is 13.2 Å². The number of pyridine rings is 1. The van der Waals surface area contributed by atoms with Gasteiger partial charge in [0.25, 0.3) is 11.8 Å². The molecule has 2 amide bonds. The third kappa shape index (κ3) is 7.18. The Morgan fingerprint density at radius 2 is 2.03 bits per heavy atom. The van der Waals surface area contributed by atoms with Crippen molar-refractivity contribution >= 4 is 24.2 Å². The Balaban J connectivity index is 1.93. The summed E-state index contributed by atoms with van der Waals surface area (Å²) in [5, 5.41) is 5.66. The Morgan fingerprint density at radius 3 is 2.65 bits per heavy atom. The van der Waals surface area contributed by atoms with Gasteiger partial charge in [0.2, 0.25) is 0 Å². The van der Waals surface area contributed by atoms with E-state index in [0.717, 1.165) is 17.9 Å². The lowest BCUT2D eigenvalue weighted by atomic mass is 10.1. The molecule has 1 saturated carbocycles. The number of alkyl halides is 3. The molecule has 0 spiro atoms. The van der Waals surface area contributed by atoms with Gasteiger partial charge in [0.15, 0.2) is 0 Å². The predicted molar refractivity (Wildman–Crippen MR) is 121 cm³/mol. The minimum absolute atomic E-state index is 0.0370. The second kappa shape index (κ2) is 10.6. The van der Waals surface area contributed by atoms with Crippen LogP contribution in [-0.2, 0) is 4.79 Å². The predicted octanol–water partition coefficient (Wildman–Crippen LogP) is 2.27. The Morgan fingerprint density at radius 1 is 1.26 bits per heavy atom. The van der Waals surface area contributed by atoms with E-state index in [-0.39, 0.29) is 28.6 Å². The van der Waals surface area contributed by atoms with Crippen molar-refractivity contribution < 1.29 is 22.8 Å². The molecule has 4 N–H and O–H groups in total. The van der Waals surface area contributed by atoms with Gasteiger partial charge >= 0.3 is 6.18 Å². The van der Waals surface area contributed by atoms with Crippen molar-refractivity contribution in [3.63, 3.8) is 0 Å². The fraction of sp³-hybridized carbons (Fsp3) is 0.217. The highest BCUT2D eigenvalue weighted by atomic mass is 19.4. The van der Waals surface area contributed by atoms with Gasteiger partial charge in [0.1, 0.15) is 17.9 Å². The molecular weight excluding hydrogens is 449 g/mol. The molecule has 1 fully saturated rings. The van der Waals surface area contributed by atoms with Crippen molar-refractivity contribution in [3.05, 3.63) is 71.3 Å². The van der Waals surface area contributed by atoms with Crippen molar-refractivity contribution in [2.75, 3.05) is 11.6 Å². The first-order valence-electron chi connectivity index (χ1n) is 10.1. The maximum Gasteiger partial charge on any atom is 0.405 e. The van der Waals surface area contributed by atoms with Crippen LogP contribution in [0, 0.1) is 11.8 Å². The second-order valence-corrected chi connectivity index (χ2v) is 7.32. The maximum atomic E-state index is 12.5. The Kier molecular flexibility index (Phi) is 7.65. The van der Waals surface area contributed by atoms with E-state index in [1.54, 1.807) is 24.4 Å². The van der Waals surface area contributed by atoms with Gasteiger partial charge in [-0.05, 0) is 55.8 Å². The number of halogens is 3. The van der Waals surface area contributed by atoms with Gasteiger partial charge < -0.3 is 10.6 Å². The zero-order valence-corrected chi connectivity index (χ0v) is 17.9. The molecule has 1 aliphatic carbocycles. The molecule has 0 aliphatic heterocycles. The molecule has 34 heavy (non-hydrogen) atoms. The van der Waals surface area contributed by atoms with Crippen molar-refractivity contribution in [1.82, 2.24) is 15.6 Å². The number of aliphatic imine (C=N–C) groups is 1. The maximum absolute atomic E-state index is 12.5. The van der Waals surface area contributed by atoms with Gasteiger partial charge in [0, 0.05) is 17.8 Å². The first-order valence-corrected chi connectivity index (χ1v) is 10.1. The molecule has 1 heterocycles. The quantitative estimate of drug-likeness (QED) is 0.189. The molecule has 0 bridgehead atoms. The van der Waals surface area contributed by atoms with Crippen LogP contribution in [-0.4, -0.2) is 42.3 Å². The summed E-state index contributed by atoms with van der Waals surface area (Å²) >= 11 is 0. The number of hydrazine groups is 1. The highest BCUT2D eigenvalue weighted by Gasteiger charge is 2.28. The summed E-state index contributed by atoms with van der Waals surface area (Å²) in [6.45, 7) is 1.92. The second-order valence-electron chi connectivity index (χ2n) is 7.32. The van der Waals surface area contributed by atoms with E-state index in [4.69, 9.17) is 5.84 Å². The molecule has 8 nitrogen and oxygen atoms in total. The van der Waals surface area contributed by atoms with Gasteiger partial charge in [-0.1, -0.05) is 12.0 Å². The van der Waals surface area contributed by atoms with Crippen molar-refractivity contribution in [2.24, 2.45) is 10.8 Å². The van der Waals surface area contributed by atoms with Crippen LogP contribution in [0.2, 0.25) is 0 Å². The number of hydrogen-bond donors (Lipinski definition) is 3. The van der Waals surface area contributed by atoms with Crippen LogP contribution in [0.4, 0.5) is 18.9 Å². The number of nitrogens with one attached hydrogen (secondary N) is 2. The summed E-state index contributed by atoms with van der Waals surface area (Å²) in [4.78, 5) is 32.3. The Hall–Kier alpha value is -4.17. The number of nitrogens with zero attached hydrogens (tertiary/aromatic N) is 3. The first kappa shape index (κ1) is 24.5. The Labute approximate surface area is 193 Å². The van der Waals surface area contributed by atoms with Crippen LogP contribution < -0.4 is 21.5 Å². The minimum Gasteiger partial charge on any atom is -0.348 e. The molecule has 176 valence electrons. The molecule has 1 aromatic carbocycles. The molecule has 0 atom stereocenters. The number of benzene rings is 1. The van der Waals surface area contributed by atoms with E-state index in [9.17, 15) is 22.8 Å². The standard InChI is InChI=1S/C23H21F3N6O2/c1-28-19(22(34)31-18-8-9-18)13-32(27)20-10-6-16(21(33)30-14-23(24,25)26)12-15(20)5-7-17-4-2-3-11-29-17/h2-4,6,10-13,18H,1,8-9,14,27H2,(H,30,33)(H,31,34)/b19-13-. The van der Waals surface area contributed by atoms with Crippen molar-refractivity contribution in [2.45, 2.75) is 25.1 Å². The normalized spacial score (nSPS) is 13.4. The third-order valence-corrected chi connectivity index (χ3v) is 4.55. The first-order chi connectivity index (χ1) is 16.2. The fourth-order valence-corrected chi connectivity index (χ4v) is 2.71. The number of amides is 2. The molecule has 11 heteroatoms. The number of carbonyl (C=O) groups excluding carboxylic acids is 2. The number of rotatable bonds is 7. The van der Waals surface area contributed by atoms with E-state index < -0.39 is 24.5 Å². The summed E-state index contributed by atoms with van der Waals surface area (Å²) in [5.41, 5.74) is 0.831. The molecule has 3 rings (SSSR count). The highest BCUT2D eigenvalue weighted by molar-refractivity contribution is 5.96. The smallest absolute Gasteiger partial charge is 0.348 e. The summed E-state index contributed by atoms with van der Waals surface area (Å²) in [6, 6.07) is 9.21. The molecule has 1 aromatic heterocycles. The van der Waals surface area contributed by atoms with Crippen molar-refractivity contribution in [1.29, 1.82) is 0 Å². The molecule has 0 saturated heterocycles. The van der Waals surface area contributed by atoms with Gasteiger partial charge in [-0.3, -0.25) is 19.6 Å². The SMILES string of the molecule is C=N/C(=C\N(N)c1ccc(C(=O)NCC(F)(F)F)cc1C#Cc1ccccn1)C(=O)NC1CC1. The molecule has 2 aromatic rings. The Bertz CT molecular complexity index is 1160. The molecule has 0 radical (unpaired) electrons. The van der Waals surface area contributed by atoms with Crippen LogP contribution in [0.15, 0.2) is 59.5 Å². The van der Waals surface area contributed by atoms with Crippen LogP contribution in [0.25, 0.3) is 0 Å². The van der Waals surface area contributed by atoms with Gasteiger partial charge in [-0.25, -0.2) is 10.8 Å². The zero-order chi connectivity index (χ0) is 24.7. The third-order valence-electron chi connectivity index (χ3n) is 4.55. The minimum atomic E-state index is -4.55. The van der Waals surface area contributed by atoms with Gasteiger partial charge in [-0.15, -0.1) is 0 Å². The lowest BCUT2D eigenvalue weighted by Crippen LogP contribution is -2.34. The summed E-state index contributed by atoms with van der Waals surface area (Å²) in [7, 11) is 0. The lowest BCUT2D eigenvalue weighted by Gasteiger charge is -2.18. The molecular formula is C23H21F3N6O2. The average molecular weight is 470 g/mol. The largest absolute Gasteiger partial charge is 0.405 e. The average Bonchev–Trinajstić information content (AvgIpc) is 3.63. The van der Waals surface area contributed by atoms with E-state index >= 15 is 0 Å². The van der Waals surface area contributed by atoms with Crippen LogP contribution in [0.3, 0.4) is 0 Å². The number of aromatic nitrogens is 1. The van der Waals surface area contributed by atoms with Crippen LogP contribution in [0.5, 0.6) is 0 Å². The van der Waals surface area contributed by atoms with E-state index in [0.29, 0.717) is 5.69 Å². The zero-order valence-electron chi connectivity index (χ0n) is 17.9. The summed E-state index contributed by atoms with van der Waals surface area (Å²) < 4.78 is 37.4. The number of hydrogen-bond acceptors (Lipinski definition) is 6. The van der Waals surface area contributed by atoms with Crippen LogP contribution in [0.1, 0.15) is 34.5 Å². The monoisotopic (exact) mass is 470 g/mol. The highest BCUT2D eigenvalue weighted by Crippen LogP contribution is 2.22. The molecule has 1 aliphatic rings. The lowest BCUT2D eigenvalue weighted by molar-refractivity contribution is -0.123. The summed E-state index contributed by atoms with van der Waals surface area (Å²) in [6.07, 6.45) is 0.00620.